The Morgan fingerprint density at radius 1 is 1.33 bits per heavy atom. The minimum absolute atomic E-state index is 0.000469. The Bertz CT molecular complexity index is 727. The third kappa shape index (κ3) is 3.38. The normalized spacial score (nSPS) is 17.0. The summed E-state index contributed by atoms with van der Waals surface area (Å²) in [7, 11) is 0. The van der Waals surface area contributed by atoms with Gasteiger partial charge in [-0.3, -0.25) is 4.79 Å². The Morgan fingerprint density at radius 3 is 2.71 bits per heavy atom. The minimum Gasteiger partial charge on any atom is -0.484 e. The molecule has 0 saturated carbocycles. The molecule has 7 heteroatoms. The molecular weight excluding hydrogens is 328 g/mol. The molecule has 3 rings (SSSR count). The number of ether oxygens (including phenoxy) is 1. The third-order valence-corrected chi connectivity index (χ3v) is 4.35. The first-order chi connectivity index (χ1) is 11.5. The predicted molar refractivity (Wildman–Crippen MR) is 91.2 cm³/mol. The molecule has 0 radical (unpaired) electrons. The van der Waals surface area contributed by atoms with Gasteiger partial charge in [0.2, 0.25) is 0 Å². The highest BCUT2D eigenvalue weighted by Crippen LogP contribution is 2.25. The lowest BCUT2D eigenvalue weighted by molar-refractivity contribution is -0.135. The molecule has 0 bridgehead atoms. The van der Waals surface area contributed by atoms with Gasteiger partial charge in [0, 0.05) is 17.5 Å². The number of hydrogen-bond acceptors (Lipinski definition) is 4. The molecule has 128 valence electrons. The number of carbonyl (C=O) groups excluding carboxylic acids is 1. The van der Waals surface area contributed by atoms with E-state index in [1.54, 1.807) is 29.2 Å². The summed E-state index contributed by atoms with van der Waals surface area (Å²) >= 11 is 5.84. The molecule has 2 heterocycles. The van der Waals surface area contributed by atoms with Gasteiger partial charge in [0.15, 0.2) is 12.4 Å². The second-order valence-corrected chi connectivity index (χ2v) is 6.80. The molecule has 1 aliphatic heterocycles. The van der Waals surface area contributed by atoms with Crippen molar-refractivity contribution in [3.05, 3.63) is 40.9 Å². The van der Waals surface area contributed by atoms with Crippen LogP contribution in [0.3, 0.4) is 0 Å². The fraction of sp³-hybridized carbons (Fsp3) is 0.471. The van der Waals surface area contributed by atoms with Crippen LogP contribution < -0.4 is 4.74 Å². The van der Waals surface area contributed by atoms with Gasteiger partial charge in [-0.15, -0.1) is 10.2 Å². The topological polar surface area (TPSA) is 60.2 Å². The Labute approximate surface area is 146 Å². The van der Waals surface area contributed by atoms with Crippen LogP contribution in [-0.2, 0) is 11.3 Å². The van der Waals surface area contributed by atoms with Crippen LogP contribution in [0.1, 0.15) is 44.4 Å². The highest BCUT2D eigenvalue weighted by molar-refractivity contribution is 6.30. The van der Waals surface area contributed by atoms with E-state index in [2.05, 4.69) is 35.5 Å². The van der Waals surface area contributed by atoms with E-state index in [0.29, 0.717) is 29.8 Å². The van der Waals surface area contributed by atoms with Crippen LogP contribution in [0.2, 0.25) is 5.02 Å². The summed E-state index contributed by atoms with van der Waals surface area (Å²) < 4.78 is 7.70. The van der Waals surface area contributed by atoms with Crippen LogP contribution in [0.25, 0.3) is 0 Å². The number of hydrogen-bond donors (Lipinski definition) is 0. The molecular formula is C17H21ClN4O2. The van der Waals surface area contributed by atoms with E-state index in [4.69, 9.17) is 16.3 Å². The summed E-state index contributed by atoms with van der Waals surface area (Å²) in [6.07, 6.45) is 0. The molecule has 0 unspecified atom stereocenters. The van der Waals surface area contributed by atoms with E-state index in [1.807, 2.05) is 0 Å². The zero-order valence-corrected chi connectivity index (χ0v) is 14.8. The highest BCUT2D eigenvalue weighted by Gasteiger charge is 2.29. The zero-order valence-electron chi connectivity index (χ0n) is 14.1. The maximum Gasteiger partial charge on any atom is 0.260 e. The number of halogens is 1. The quantitative estimate of drug-likeness (QED) is 0.852. The molecule has 0 spiro atoms. The van der Waals surface area contributed by atoms with Crippen molar-refractivity contribution in [3.8, 4) is 5.75 Å². The number of amides is 1. The average molecular weight is 349 g/mol. The van der Waals surface area contributed by atoms with Crippen LogP contribution >= 0.6 is 11.6 Å². The van der Waals surface area contributed by atoms with Gasteiger partial charge in [0.1, 0.15) is 11.6 Å². The van der Waals surface area contributed by atoms with Crippen LogP contribution in [0.4, 0.5) is 0 Å². The van der Waals surface area contributed by atoms with E-state index in [9.17, 15) is 4.79 Å². The fourth-order valence-corrected chi connectivity index (χ4v) is 3.04. The van der Waals surface area contributed by atoms with Crippen LogP contribution in [-0.4, -0.2) is 38.7 Å². The number of nitrogens with zero attached hydrogens (tertiary/aromatic N) is 4. The van der Waals surface area contributed by atoms with Gasteiger partial charge < -0.3 is 14.2 Å². The summed E-state index contributed by atoms with van der Waals surface area (Å²) in [4.78, 5) is 14.2. The molecule has 0 fully saturated rings. The molecule has 1 aliphatic rings. The van der Waals surface area contributed by atoms with Crippen LogP contribution in [0.5, 0.6) is 5.75 Å². The first kappa shape index (κ1) is 16.8. The Kier molecular flexibility index (Phi) is 4.76. The van der Waals surface area contributed by atoms with Crippen molar-refractivity contribution in [2.24, 2.45) is 0 Å². The second-order valence-electron chi connectivity index (χ2n) is 6.37. The number of carbonyl (C=O) groups is 1. The van der Waals surface area contributed by atoms with Gasteiger partial charge >= 0.3 is 0 Å². The first-order valence-corrected chi connectivity index (χ1v) is 8.43. The summed E-state index contributed by atoms with van der Waals surface area (Å²) in [6, 6.07) is 7.13. The summed E-state index contributed by atoms with van der Waals surface area (Å²) in [5, 5.41) is 9.16. The number of rotatable bonds is 4. The molecule has 6 nitrogen and oxygen atoms in total. The van der Waals surface area contributed by atoms with Gasteiger partial charge in [-0.1, -0.05) is 25.4 Å². The molecule has 1 aromatic heterocycles. The summed E-state index contributed by atoms with van der Waals surface area (Å²) in [6.45, 7) is 7.38. The summed E-state index contributed by atoms with van der Waals surface area (Å²) in [5.41, 5.74) is 0. The highest BCUT2D eigenvalue weighted by atomic mass is 35.5. The molecule has 1 atom stereocenters. The van der Waals surface area contributed by atoms with Crippen molar-refractivity contribution >= 4 is 17.5 Å². The smallest absolute Gasteiger partial charge is 0.260 e. The summed E-state index contributed by atoms with van der Waals surface area (Å²) in [5.74, 6) is 2.68. The van der Waals surface area contributed by atoms with Gasteiger partial charge in [0.25, 0.3) is 5.91 Å². The van der Waals surface area contributed by atoms with Gasteiger partial charge in [-0.25, -0.2) is 0 Å². The Balaban J connectivity index is 1.65. The van der Waals surface area contributed by atoms with E-state index >= 15 is 0 Å². The maximum absolute atomic E-state index is 12.5. The largest absolute Gasteiger partial charge is 0.484 e. The number of aromatic nitrogens is 3. The number of fused-ring (bicyclic) bond motifs is 1. The molecule has 0 saturated heterocycles. The van der Waals surface area contributed by atoms with Crippen LogP contribution in [0.15, 0.2) is 24.3 Å². The van der Waals surface area contributed by atoms with E-state index < -0.39 is 0 Å². The monoisotopic (exact) mass is 348 g/mol. The predicted octanol–water partition coefficient (Wildman–Crippen LogP) is 3.04. The van der Waals surface area contributed by atoms with E-state index in [-0.39, 0.29) is 18.6 Å². The lowest BCUT2D eigenvalue weighted by atomic mass is 10.1. The zero-order chi connectivity index (χ0) is 17.3. The number of benzene rings is 1. The lowest BCUT2D eigenvalue weighted by Gasteiger charge is -2.33. The van der Waals surface area contributed by atoms with Crippen molar-refractivity contribution in [3.63, 3.8) is 0 Å². The minimum atomic E-state index is -0.0582. The standard InChI is InChI=1S/C17H21ClN4O2/c1-11(2)17-20-19-15-9-21(8-12(3)22(15)17)16(23)10-24-14-6-4-13(18)5-7-14/h4-7,11-12H,8-10H2,1-3H3/t12-/m0/s1. The van der Waals surface area contributed by atoms with Crippen molar-refractivity contribution < 1.29 is 9.53 Å². The maximum atomic E-state index is 12.5. The second kappa shape index (κ2) is 6.81. The molecule has 24 heavy (non-hydrogen) atoms. The van der Waals surface area contributed by atoms with Gasteiger partial charge in [-0.05, 0) is 31.2 Å². The SMILES string of the molecule is CC(C)c1nnc2n1[C@@H](C)CN(C(=O)COc1ccc(Cl)cc1)C2. The van der Waals surface area contributed by atoms with E-state index in [0.717, 1.165) is 11.6 Å². The van der Waals surface area contributed by atoms with Crippen LogP contribution in [0, 0.1) is 0 Å². The molecule has 2 aromatic rings. The molecule has 0 N–H and O–H groups in total. The first-order valence-electron chi connectivity index (χ1n) is 8.05. The fourth-order valence-electron chi connectivity index (χ4n) is 2.91. The Hall–Kier alpha value is -2.08. The average Bonchev–Trinajstić information content (AvgIpc) is 2.99. The van der Waals surface area contributed by atoms with Crippen molar-refractivity contribution in [2.45, 2.75) is 39.3 Å². The molecule has 1 aromatic carbocycles. The Morgan fingerprint density at radius 2 is 2.04 bits per heavy atom. The van der Waals surface area contributed by atoms with Crippen molar-refractivity contribution in [2.75, 3.05) is 13.2 Å². The molecule has 1 amide bonds. The third-order valence-electron chi connectivity index (χ3n) is 4.10. The molecule has 0 aliphatic carbocycles. The van der Waals surface area contributed by atoms with E-state index in [1.165, 1.54) is 0 Å². The van der Waals surface area contributed by atoms with Gasteiger partial charge in [0.05, 0.1) is 12.6 Å². The van der Waals surface area contributed by atoms with Crippen molar-refractivity contribution in [1.82, 2.24) is 19.7 Å². The van der Waals surface area contributed by atoms with Crippen molar-refractivity contribution in [1.29, 1.82) is 0 Å². The van der Waals surface area contributed by atoms with Gasteiger partial charge in [-0.2, -0.15) is 0 Å². The lowest BCUT2D eigenvalue weighted by Crippen LogP contribution is -2.42.